The number of carbonyl (C=O) groups excluding carboxylic acids is 2. The Morgan fingerprint density at radius 1 is 0.862 bits per heavy atom. The highest BCUT2D eigenvalue weighted by Crippen LogP contribution is 2.37. The molecular formula is C24H21ClN2O2. The number of carbonyl (C=O) groups is 2. The van der Waals surface area contributed by atoms with Gasteiger partial charge >= 0.3 is 6.03 Å². The van der Waals surface area contributed by atoms with Gasteiger partial charge in [0, 0.05) is 5.02 Å². The molecule has 4 nitrogen and oxygen atoms in total. The van der Waals surface area contributed by atoms with Crippen LogP contribution in [-0.4, -0.2) is 16.8 Å². The van der Waals surface area contributed by atoms with Crippen LogP contribution in [0.2, 0.25) is 5.02 Å². The molecule has 0 unspecified atom stereocenters. The summed E-state index contributed by atoms with van der Waals surface area (Å²) in [5.41, 5.74) is 3.21. The fourth-order valence-electron chi connectivity index (χ4n) is 3.76. The van der Waals surface area contributed by atoms with Crippen molar-refractivity contribution in [3.05, 3.63) is 106 Å². The molecule has 1 atom stereocenters. The normalized spacial score (nSPS) is 18.8. The molecule has 5 heteroatoms. The molecule has 0 radical (unpaired) electrons. The maximum Gasteiger partial charge on any atom is 0.325 e. The van der Waals surface area contributed by atoms with E-state index in [4.69, 9.17) is 11.6 Å². The molecule has 3 amide bonds. The molecule has 0 aromatic heterocycles. The maximum atomic E-state index is 13.7. The second-order valence-corrected chi connectivity index (χ2v) is 7.80. The third-order valence-corrected chi connectivity index (χ3v) is 5.72. The second-order valence-electron chi connectivity index (χ2n) is 7.37. The summed E-state index contributed by atoms with van der Waals surface area (Å²) in [6.45, 7) is 4.18. The smallest absolute Gasteiger partial charge is 0.315 e. The van der Waals surface area contributed by atoms with Crippen LogP contribution in [0.25, 0.3) is 0 Å². The quantitative estimate of drug-likeness (QED) is 0.625. The molecule has 146 valence electrons. The van der Waals surface area contributed by atoms with E-state index in [1.165, 1.54) is 4.90 Å². The van der Waals surface area contributed by atoms with Crippen LogP contribution in [0.4, 0.5) is 4.79 Å². The number of halogens is 1. The minimum atomic E-state index is -1.25. The monoisotopic (exact) mass is 404 g/mol. The first-order valence-electron chi connectivity index (χ1n) is 9.43. The highest BCUT2D eigenvalue weighted by Gasteiger charge is 2.53. The summed E-state index contributed by atoms with van der Waals surface area (Å²) in [7, 11) is 0. The first-order valence-corrected chi connectivity index (χ1v) is 9.81. The third kappa shape index (κ3) is 3.30. The first-order chi connectivity index (χ1) is 13.9. The molecule has 1 saturated heterocycles. The molecule has 1 heterocycles. The van der Waals surface area contributed by atoms with Gasteiger partial charge in [0.2, 0.25) is 0 Å². The molecule has 1 N–H and O–H groups in total. The van der Waals surface area contributed by atoms with Crippen molar-refractivity contribution in [3.63, 3.8) is 0 Å². The fraction of sp³-hybridized carbons (Fsp3) is 0.167. The van der Waals surface area contributed by atoms with E-state index in [2.05, 4.69) is 5.32 Å². The van der Waals surface area contributed by atoms with Gasteiger partial charge in [-0.1, -0.05) is 72.3 Å². The zero-order chi connectivity index (χ0) is 20.6. The van der Waals surface area contributed by atoms with Gasteiger partial charge in [0.15, 0.2) is 5.54 Å². The largest absolute Gasteiger partial charge is 0.325 e. The third-order valence-electron chi connectivity index (χ3n) is 5.48. The lowest BCUT2D eigenvalue weighted by Gasteiger charge is -2.28. The highest BCUT2D eigenvalue weighted by atomic mass is 35.5. The lowest BCUT2D eigenvalue weighted by Crippen LogP contribution is -2.45. The van der Waals surface area contributed by atoms with Gasteiger partial charge in [-0.15, -0.1) is 0 Å². The fourth-order valence-corrected chi connectivity index (χ4v) is 3.97. The van der Waals surface area contributed by atoms with Crippen LogP contribution in [-0.2, 0) is 16.9 Å². The second kappa shape index (κ2) is 7.37. The number of urea groups is 1. The molecule has 0 bridgehead atoms. The van der Waals surface area contributed by atoms with E-state index in [0.29, 0.717) is 5.02 Å². The molecule has 0 spiro atoms. The van der Waals surface area contributed by atoms with Gasteiger partial charge < -0.3 is 5.32 Å². The summed E-state index contributed by atoms with van der Waals surface area (Å²) in [4.78, 5) is 27.9. The van der Waals surface area contributed by atoms with E-state index in [1.54, 1.807) is 12.1 Å². The number of hydrogen-bond donors (Lipinski definition) is 1. The van der Waals surface area contributed by atoms with Crippen molar-refractivity contribution in [2.75, 3.05) is 0 Å². The molecule has 3 aromatic carbocycles. The molecule has 0 saturated carbocycles. The maximum absolute atomic E-state index is 13.7. The topological polar surface area (TPSA) is 49.4 Å². The van der Waals surface area contributed by atoms with Crippen LogP contribution in [0, 0.1) is 13.8 Å². The van der Waals surface area contributed by atoms with Gasteiger partial charge in [0.05, 0.1) is 6.54 Å². The number of imide groups is 1. The van der Waals surface area contributed by atoms with Gasteiger partial charge in [-0.3, -0.25) is 9.69 Å². The van der Waals surface area contributed by atoms with Crippen LogP contribution in [0.15, 0.2) is 72.8 Å². The molecule has 4 rings (SSSR count). The van der Waals surface area contributed by atoms with E-state index in [9.17, 15) is 9.59 Å². The number of benzene rings is 3. The van der Waals surface area contributed by atoms with Gasteiger partial charge in [-0.25, -0.2) is 4.79 Å². The van der Waals surface area contributed by atoms with Crippen molar-refractivity contribution in [3.8, 4) is 0 Å². The average Bonchev–Trinajstić information content (AvgIpc) is 2.96. The van der Waals surface area contributed by atoms with Crippen molar-refractivity contribution in [2.45, 2.75) is 25.9 Å². The Morgan fingerprint density at radius 3 is 2.31 bits per heavy atom. The van der Waals surface area contributed by atoms with Crippen LogP contribution < -0.4 is 5.32 Å². The summed E-state index contributed by atoms with van der Waals surface area (Å²) in [5.74, 6) is -0.295. The van der Waals surface area contributed by atoms with Crippen LogP contribution in [0.3, 0.4) is 0 Å². The van der Waals surface area contributed by atoms with Crippen molar-refractivity contribution >= 4 is 23.5 Å². The molecule has 0 aliphatic carbocycles. The van der Waals surface area contributed by atoms with Gasteiger partial charge in [0.25, 0.3) is 5.91 Å². The Kier molecular flexibility index (Phi) is 4.89. The predicted molar refractivity (Wildman–Crippen MR) is 114 cm³/mol. The van der Waals surface area contributed by atoms with Gasteiger partial charge in [0.1, 0.15) is 0 Å². The Labute approximate surface area is 175 Å². The minimum Gasteiger partial charge on any atom is -0.315 e. The minimum absolute atomic E-state index is 0.157. The zero-order valence-corrected chi connectivity index (χ0v) is 17.0. The van der Waals surface area contributed by atoms with Crippen LogP contribution in [0.1, 0.15) is 27.8 Å². The van der Waals surface area contributed by atoms with Gasteiger partial charge in [-0.2, -0.15) is 0 Å². The van der Waals surface area contributed by atoms with E-state index in [-0.39, 0.29) is 12.5 Å². The van der Waals surface area contributed by atoms with Crippen molar-refractivity contribution in [1.82, 2.24) is 10.2 Å². The average molecular weight is 405 g/mol. The lowest BCUT2D eigenvalue weighted by molar-refractivity contribution is -0.130. The zero-order valence-electron chi connectivity index (χ0n) is 16.3. The standard InChI is InChI=1S/C24H21ClN2O2/c1-16-11-12-20(13-17(16)2)24(19-8-4-3-5-9-19)22(28)27(23(29)26-24)15-18-7-6-10-21(25)14-18/h3-14H,15H2,1-2H3,(H,26,29)/t24-/m0/s1. The molecule has 3 aromatic rings. The Morgan fingerprint density at radius 2 is 1.62 bits per heavy atom. The van der Waals surface area contributed by atoms with Crippen molar-refractivity contribution in [2.24, 2.45) is 0 Å². The summed E-state index contributed by atoms with van der Waals surface area (Å²) in [6, 6.07) is 22.0. The summed E-state index contributed by atoms with van der Waals surface area (Å²) >= 11 is 6.08. The lowest BCUT2D eigenvalue weighted by atomic mass is 9.81. The highest BCUT2D eigenvalue weighted by molar-refractivity contribution is 6.30. The SMILES string of the molecule is Cc1ccc([C@]2(c3ccccc3)NC(=O)N(Cc3cccc(Cl)c3)C2=O)cc1C. The summed E-state index contributed by atoms with van der Waals surface area (Å²) in [5, 5.41) is 3.55. The van der Waals surface area contributed by atoms with Crippen LogP contribution in [0.5, 0.6) is 0 Å². The number of rotatable bonds is 4. The molecule has 1 aliphatic heterocycles. The molecule has 1 fully saturated rings. The Hall–Kier alpha value is -3.11. The first kappa shape index (κ1) is 19.2. The molecule has 1 aliphatic rings. The predicted octanol–water partition coefficient (Wildman–Crippen LogP) is 4.95. The number of aryl methyl sites for hydroxylation is 2. The van der Waals surface area contributed by atoms with Crippen molar-refractivity contribution in [1.29, 1.82) is 0 Å². The number of nitrogens with one attached hydrogen (secondary N) is 1. The van der Waals surface area contributed by atoms with Gasteiger partial charge in [-0.05, 0) is 53.8 Å². The van der Waals surface area contributed by atoms with Crippen LogP contribution >= 0.6 is 11.6 Å². The van der Waals surface area contributed by atoms with E-state index < -0.39 is 11.6 Å². The Bertz CT molecular complexity index is 1100. The number of amides is 3. The molecule has 29 heavy (non-hydrogen) atoms. The summed E-state index contributed by atoms with van der Waals surface area (Å²) in [6.07, 6.45) is 0. The van der Waals surface area contributed by atoms with Crippen molar-refractivity contribution < 1.29 is 9.59 Å². The number of nitrogens with zero attached hydrogens (tertiary/aromatic N) is 1. The van der Waals surface area contributed by atoms with E-state index >= 15 is 0 Å². The molecular weight excluding hydrogens is 384 g/mol. The van der Waals surface area contributed by atoms with E-state index in [1.807, 2.05) is 74.5 Å². The summed E-state index contributed by atoms with van der Waals surface area (Å²) < 4.78 is 0. The number of hydrogen-bond acceptors (Lipinski definition) is 2. The van der Waals surface area contributed by atoms with E-state index in [0.717, 1.165) is 27.8 Å². The Balaban J connectivity index is 1.82.